The first kappa shape index (κ1) is 14.6. The van der Waals surface area contributed by atoms with Gasteiger partial charge in [-0.05, 0) is 43.9 Å². The van der Waals surface area contributed by atoms with Crippen molar-refractivity contribution >= 4 is 11.8 Å². The third-order valence-electron chi connectivity index (χ3n) is 3.32. The summed E-state index contributed by atoms with van der Waals surface area (Å²) in [6, 6.07) is 3.39. The van der Waals surface area contributed by atoms with E-state index < -0.39 is 23.5 Å². The van der Waals surface area contributed by atoms with Crippen LogP contribution in [0.5, 0.6) is 0 Å². The Morgan fingerprint density at radius 2 is 2.00 bits per heavy atom. The van der Waals surface area contributed by atoms with E-state index in [4.69, 9.17) is 4.74 Å². The lowest BCUT2D eigenvalue weighted by atomic mass is 9.92. The largest absolute Gasteiger partial charge is 0.465 e. The highest BCUT2D eigenvalue weighted by molar-refractivity contribution is 6.01. The minimum absolute atomic E-state index is 0.0470. The van der Waals surface area contributed by atoms with Gasteiger partial charge in [0, 0.05) is 5.92 Å². The molecule has 0 amide bonds. The molecule has 108 valence electrons. The molecular formula is C15H16F2O3. The maximum atomic E-state index is 13.2. The van der Waals surface area contributed by atoms with Crippen LogP contribution >= 0.6 is 0 Å². The Labute approximate surface area is 115 Å². The highest BCUT2D eigenvalue weighted by Crippen LogP contribution is 2.33. The van der Waals surface area contributed by atoms with Crippen LogP contribution in [0.2, 0.25) is 0 Å². The summed E-state index contributed by atoms with van der Waals surface area (Å²) in [5.74, 6) is -3.69. The third kappa shape index (κ3) is 3.40. The minimum atomic E-state index is -0.982. The Hall–Kier alpha value is -1.78. The first-order chi connectivity index (χ1) is 9.52. The summed E-state index contributed by atoms with van der Waals surface area (Å²) < 4.78 is 31.0. The van der Waals surface area contributed by atoms with Crippen LogP contribution in [-0.2, 0) is 20.7 Å². The van der Waals surface area contributed by atoms with Gasteiger partial charge >= 0.3 is 5.97 Å². The molecule has 1 aliphatic carbocycles. The maximum absolute atomic E-state index is 13.2. The van der Waals surface area contributed by atoms with Crippen molar-refractivity contribution in [3.8, 4) is 0 Å². The standard InChI is InChI=1S/C15H16F2O3/c1-2-20-15(19)11(14(18)10-4-5-10)7-9-3-6-12(16)13(17)8-9/h3,6,8,10-11H,2,4-5,7H2,1H3. The Morgan fingerprint density at radius 3 is 2.55 bits per heavy atom. The molecule has 5 heteroatoms. The minimum Gasteiger partial charge on any atom is -0.465 e. The molecule has 0 spiro atoms. The Morgan fingerprint density at radius 1 is 1.30 bits per heavy atom. The third-order valence-corrected chi connectivity index (χ3v) is 3.32. The van der Waals surface area contributed by atoms with Crippen LogP contribution in [0.25, 0.3) is 0 Å². The number of esters is 1. The van der Waals surface area contributed by atoms with Crippen molar-refractivity contribution < 1.29 is 23.1 Å². The Balaban J connectivity index is 2.15. The van der Waals surface area contributed by atoms with Crippen molar-refractivity contribution in [2.75, 3.05) is 6.61 Å². The summed E-state index contributed by atoms with van der Waals surface area (Å²) in [5.41, 5.74) is 0.413. The van der Waals surface area contributed by atoms with Crippen LogP contribution in [0.3, 0.4) is 0 Å². The van der Waals surface area contributed by atoms with Gasteiger partial charge < -0.3 is 4.74 Å². The molecule has 3 nitrogen and oxygen atoms in total. The number of benzene rings is 1. The number of hydrogen-bond donors (Lipinski definition) is 0. The number of ether oxygens (including phenoxy) is 1. The monoisotopic (exact) mass is 282 g/mol. The van der Waals surface area contributed by atoms with E-state index in [9.17, 15) is 18.4 Å². The number of hydrogen-bond acceptors (Lipinski definition) is 3. The molecule has 1 fully saturated rings. The molecular weight excluding hydrogens is 266 g/mol. The lowest BCUT2D eigenvalue weighted by Crippen LogP contribution is -2.29. The van der Waals surface area contributed by atoms with Crippen molar-refractivity contribution in [2.24, 2.45) is 11.8 Å². The second-order valence-electron chi connectivity index (χ2n) is 4.93. The highest BCUT2D eigenvalue weighted by atomic mass is 19.2. The SMILES string of the molecule is CCOC(=O)C(Cc1ccc(F)c(F)c1)C(=O)C1CC1. The summed E-state index contributed by atoms with van der Waals surface area (Å²) >= 11 is 0. The van der Waals surface area contributed by atoms with Gasteiger partial charge in [0.2, 0.25) is 0 Å². The van der Waals surface area contributed by atoms with Crippen LogP contribution in [0.4, 0.5) is 8.78 Å². The molecule has 1 aromatic carbocycles. The van der Waals surface area contributed by atoms with E-state index in [1.807, 2.05) is 0 Å². The Kier molecular flexibility index (Phi) is 4.47. The van der Waals surface area contributed by atoms with Gasteiger partial charge in [0.05, 0.1) is 6.61 Å². The van der Waals surface area contributed by atoms with Crippen molar-refractivity contribution in [2.45, 2.75) is 26.2 Å². The fourth-order valence-electron chi connectivity index (χ4n) is 2.10. The molecule has 2 rings (SSSR count). The van der Waals surface area contributed by atoms with E-state index in [2.05, 4.69) is 0 Å². The molecule has 1 saturated carbocycles. The van der Waals surface area contributed by atoms with Crippen molar-refractivity contribution in [1.29, 1.82) is 0 Å². The van der Waals surface area contributed by atoms with E-state index in [-0.39, 0.29) is 24.7 Å². The Bertz CT molecular complexity index is 524. The maximum Gasteiger partial charge on any atom is 0.316 e. The van der Waals surface area contributed by atoms with E-state index in [0.29, 0.717) is 5.56 Å². The van der Waals surface area contributed by atoms with Gasteiger partial charge in [0.25, 0.3) is 0 Å². The molecule has 1 unspecified atom stereocenters. The summed E-state index contributed by atoms with van der Waals surface area (Å²) in [6.45, 7) is 1.85. The average Bonchev–Trinajstić information content (AvgIpc) is 3.24. The molecule has 0 bridgehead atoms. The van der Waals surface area contributed by atoms with Gasteiger partial charge in [-0.15, -0.1) is 0 Å². The summed E-state index contributed by atoms with van der Waals surface area (Å²) in [7, 11) is 0. The molecule has 0 radical (unpaired) electrons. The van der Waals surface area contributed by atoms with Crippen LogP contribution in [0.15, 0.2) is 18.2 Å². The van der Waals surface area contributed by atoms with Gasteiger partial charge in [-0.3, -0.25) is 9.59 Å². The number of halogens is 2. The predicted octanol–water partition coefficient (Wildman–Crippen LogP) is 2.67. The zero-order valence-corrected chi connectivity index (χ0v) is 11.2. The van der Waals surface area contributed by atoms with Crippen LogP contribution in [0.1, 0.15) is 25.3 Å². The molecule has 20 heavy (non-hydrogen) atoms. The van der Waals surface area contributed by atoms with Crippen molar-refractivity contribution in [1.82, 2.24) is 0 Å². The molecule has 0 saturated heterocycles. The van der Waals surface area contributed by atoms with Crippen LogP contribution in [0, 0.1) is 23.5 Å². The lowest BCUT2D eigenvalue weighted by Gasteiger charge is -2.14. The molecule has 0 aromatic heterocycles. The molecule has 1 aromatic rings. The van der Waals surface area contributed by atoms with Gasteiger partial charge in [-0.2, -0.15) is 0 Å². The number of rotatable bonds is 6. The van der Waals surface area contributed by atoms with E-state index in [1.54, 1.807) is 6.92 Å². The van der Waals surface area contributed by atoms with Crippen molar-refractivity contribution in [3.63, 3.8) is 0 Å². The predicted molar refractivity (Wildman–Crippen MR) is 67.9 cm³/mol. The van der Waals surface area contributed by atoms with Gasteiger partial charge in [0.1, 0.15) is 5.92 Å². The molecule has 0 aliphatic heterocycles. The van der Waals surface area contributed by atoms with E-state index in [0.717, 1.165) is 25.0 Å². The van der Waals surface area contributed by atoms with Crippen molar-refractivity contribution in [3.05, 3.63) is 35.4 Å². The molecule has 1 aliphatic rings. The average molecular weight is 282 g/mol. The zero-order valence-electron chi connectivity index (χ0n) is 11.2. The summed E-state index contributed by atoms with van der Waals surface area (Å²) in [5, 5.41) is 0. The lowest BCUT2D eigenvalue weighted by molar-refractivity contribution is -0.151. The summed E-state index contributed by atoms with van der Waals surface area (Å²) in [4.78, 5) is 24.0. The van der Waals surface area contributed by atoms with Gasteiger partial charge in [-0.1, -0.05) is 6.07 Å². The fourth-order valence-corrected chi connectivity index (χ4v) is 2.10. The number of carbonyl (C=O) groups excluding carboxylic acids is 2. The topological polar surface area (TPSA) is 43.4 Å². The van der Waals surface area contributed by atoms with E-state index >= 15 is 0 Å². The second-order valence-corrected chi connectivity index (χ2v) is 4.93. The van der Waals surface area contributed by atoms with Crippen LogP contribution < -0.4 is 0 Å². The molecule has 0 heterocycles. The quantitative estimate of drug-likeness (QED) is 0.595. The second kappa shape index (κ2) is 6.11. The van der Waals surface area contributed by atoms with E-state index in [1.165, 1.54) is 6.07 Å². The number of Topliss-reactive ketones (excluding diaryl/α,β-unsaturated/α-hetero) is 1. The zero-order chi connectivity index (χ0) is 14.7. The van der Waals surface area contributed by atoms with Crippen LogP contribution in [-0.4, -0.2) is 18.4 Å². The number of ketones is 1. The smallest absolute Gasteiger partial charge is 0.316 e. The van der Waals surface area contributed by atoms with Gasteiger partial charge in [0.15, 0.2) is 17.4 Å². The molecule has 0 N–H and O–H groups in total. The summed E-state index contributed by atoms with van der Waals surface area (Å²) in [6.07, 6.45) is 1.62. The number of carbonyl (C=O) groups is 2. The van der Waals surface area contributed by atoms with Gasteiger partial charge in [-0.25, -0.2) is 8.78 Å². The highest BCUT2D eigenvalue weighted by Gasteiger charge is 2.39. The molecule has 1 atom stereocenters. The first-order valence-corrected chi connectivity index (χ1v) is 6.67. The fraction of sp³-hybridized carbons (Fsp3) is 0.467. The first-order valence-electron chi connectivity index (χ1n) is 6.67. The normalized spacial score (nSPS) is 15.8.